The Kier molecular flexibility index (Phi) is 6.59. The number of urea groups is 1. The summed E-state index contributed by atoms with van der Waals surface area (Å²) in [6.45, 7) is 0.351. The van der Waals surface area contributed by atoms with Gasteiger partial charge in [-0.2, -0.15) is 13.2 Å². The molecule has 0 saturated heterocycles. The highest BCUT2D eigenvalue weighted by atomic mass is 19.4. The maximum Gasteiger partial charge on any atom is 0.422 e. The minimum atomic E-state index is -4.41. The maximum atomic E-state index is 13.2. The fraction of sp³-hybridized carbons (Fsp3) is 0.278. The van der Waals surface area contributed by atoms with Crippen LogP contribution in [-0.4, -0.2) is 18.8 Å². The van der Waals surface area contributed by atoms with Gasteiger partial charge in [0.2, 0.25) is 0 Å². The number of hydrogen-bond donors (Lipinski definition) is 2. The molecule has 0 bridgehead atoms. The number of benzene rings is 2. The van der Waals surface area contributed by atoms with Crippen molar-refractivity contribution in [3.05, 3.63) is 65.2 Å². The van der Waals surface area contributed by atoms with Crippen LogP contribution in [0.2, 0.25) is 0 Å². The summed E-state index contributed by atoms with van der Waals surface area (Å²) in [5.41, 5.74) is 1.04. The number of hydrogen-bond acceptors (Lipinski definition) is 2. The molecular formula is C18H17F5N2O2. The molecule has 27 heavy (non-hydrogen) atoms. The molecule has 0 radical (unpaired) electrons. The van der Waals surface area contributed by atoms with E-state index in [0.29, 0.717) is 11.1 Å². The summed E-state index contributed by atoms with van der Waals surface area (Å²) >= 11 is 0. The van der Waals surface area contributed by atoms with E-state index in [1.807, 2.05) is 0 Å². The lowest BCUT2D eigenvalue weighted by Crippen LogP contribution is -2.36. The van der Waals surface area contributed by atoms with Gasteiger partial charge in [0.15, 0.2) is 18.2 Å². The molecule has 2 aromatic carbocycles. The SMILES string of the molecule is C[C@@H](NC(=O)NCc1ccc(OCC(F)(F)F)cc1)c1ccc(F)c(F)c1. The molecule has 1 atom stereocenters. The van der Waals surface area contributed by atoms with Gasteiger partial charge in [-0.15, -0.1) is 0 Å². The largest absolute Gasteiger partial charge is 0.484 e. The molecule has 2 N–H and O–H groups in total. The molecule has 0 aliphatic heterocycles. The van der Waals surface area contributed by atoms with Gasteiger partial charge in [0.05, 0.1) is 6.04 Å². The Labute approximate surface area is 152 Å². The molecule has 146 valence electrons. The monoisotopic (exact) mass is 388 g/mol. The smallest absolute Gasteiger partial charge is 0.422 e. The van der Waals surface area contributed by atoms with Gasteiger partial charge in [0.1, 0.15) is 5.75 Å². The first kappa shape index (κ1) is 20.5. The summed E-state index contributed by atoms with van der Waals surface area (Å²) in [6, 6.07) is 8.01. The molecule has 4 nitrogen and oxygen atoms in total. The van der Waals surface area contributed by atoms with Crippen LogP contribution in [0, 0.1) is 11.6 Å². The Morgan fingerprint density at radius 1 is 1.07 bits per heavy atom. The number of nitrogens with one attached hydrogen (secondary N) is 2. The molecule has 0 fully saturated rings. The summed E-state index contributed by atoms with van der Waals surface area (Å²) in [5, 5.41) is 5.14. The summed E-state index contributed by atoms with van der Waals surface area (Å²) in [4.78, 5) is 11.9. The summed E-state index contributed by atoms with van der Waals surface area (Å²) < 4.78 is 67.0. The highest BCUT2D eigenvalue weighted by Gasteiger charge is 2.28. The van der Waals surface area contributed by atoms with Gasteiger partial charge in [0, 0.05) is 6.54 Å². The Hall–Kier alpha value is -2.84. The number of carbonyl (C=O) groups excluding carboxylic acids is 1. The third-order valence-electron chi connectivity index (χ3n) is 3.57. The lowest BCUT2D eigenvalue weighted by molar-refractivity contribution is -0.153. The van der Waals surface area contributed by atoms with Gasteiger partial charge in [-0.25, -0.2) is 13.6 Å². The van der Waals surface area contributed by atoms with Crippen molar-refractivity contribution in [2.45, 2.75) is 25.7 Å². The van der Waals surface area contributed by atoms with E-state index in [1.165, 1.54) is 30.3 Å². The van der Waals surface area contributed by atoms with E-state index in [-0.39, 0.29) is 12.3 Å². The standard InChI is InChI=1S/C18H17F5N2O2/c1-11(13-4-7-15(19)16(20)8-13)25-17(26)24-9-12-2-5-14(6-3-12)27-10-18(21,22)23/h2-8,11H,9-10H2,1H3,(H2,24,25,26)/t11-/m1/s1. The average Bonchev–Trinajstić information content (AvgIpc) is 2.60. The third-order valence-corrected chi connectivity index (χ3v) is 3.57. The van der Waals surface area contributed by atoms with E-state index in [2.05, 4.69) is 15.4 Å². The predicted octanol–water partition coefficient (Wildman–Crippen LogP) is 4.47. The molecule has 9 heteroatoms. The Bertz CT molecular complexity index is 778. The first-order valence-corrected chi connectivity index (χ1v) is 7.92. The Morgan fingerprint density at radius 2 is 1.74 bits per heavy atom. The quantitative estimate of drug-likeness (QED) is 0.718. The zero-order valence-electron chi connectivity index (χ0n) is 14.2. The molecule has 2 rings (SSSR count). The van der Waals surface area contributed by atoms with Crippen LogP contribution < -0.4 is 15.4 Å². The molecule has 0 spiro atoms. The lowest BCUT2D eigenvalue weighted by Gasteiger charge is -2.15. The number of amides is 2. The van der Waals surface area contributed by atoms with Crippen molar-refractivity contribution in [2.24, 2.45) is 0 Å². The van der Waals surface area contributed by atoms with Gasteiger partial charge in [0.25, 0.3) is 0 Å². The molecule has 0 unspecified atom stereocenters. The molecule has 2 aromatic rings. The predicted molar refractivity (Wildman–Crippen MR) is 88.1 cm³/mol. The number of ether oxygens (including phenoxy) is 1. The summed E-state index contributed by atoms with van der Waals surface area (Å²) in [7, 11) is 0. The van der Waals surface area contributed by atoms with Gasteiger partial charge in [-0.1, -0.05) is 18.2 Å². The summed E-state index contributed by atoms with van der Waals surface area (Å²) in [6.07, 6.45) is -4.41. The second-order valence-corrected chi connectivity index (χ2v) is 5.77. The lowest BCUT2D eigenvalue weighted by atomic mass is 10.1. The molecule has 0 aliphatic rings. The molecule has 0 aliphatic carbocycles. The van der Waals surface area contributed by atoms with Gasteiger partial charge < -0.3 is 15.4 Å². The van der Waals surface area contributed by atoms with E-state index in [4.69, 9.17) is 0 Å². The molecular weight excluding hydrogens is 371 g/mol. The minimum Gasteiger partial charge on any atom is -0.484 e. The second kappa shape index (κ2) is 8.70. The van der Waals surface area contributed by atoms with E-state index in [1.54, 1.807) is 6.92 Å². The van der Waals surface area contributed by atoms with Crippen LogP contribution in [0.5, 0.6) is 5.75 Å². The highest BCUT2D eigenvalue weighted by Crippen LogP contribution is 2.19. The van der Waals surface area contributed by atoms with Crippen molar-refractivity contribution in [3.8, 4) is 5.75 Å². The minimum absolute atomic E-state index is 0.0625. The first-order valence-electron chi connectivity index (χ1n) is 7.92. The fourth-order valence-electron chi connectivity index (χ4n) is 2.16. The van der Waals surface area contributed by atoms with Crippen LogP contribution in [0.3, 0.4) is 0 Å². The molecule has 2 amide bonds. The van der Waals surface area contributed by atoms with Crippen molar-refractivity contribution >= 4 is 6.03 Å². The van der Waals surface area contributed by atoms with E-state index >= 15 is 0 Å². The maximum absolute atomic E-state index is 13.2. The fourth-order valence-corrected chi connectivity index (χ4v) is 2.16. The second-order valence-electron chi connectivity index (χ2n) is 5.77. The Balaban J connectivity index is 1.81. The van der Waals surface area contributed by atoms with Crippen molar-refractivity contribution in [2.75, 3.05) is 6.61 Å². The topological polar surface area (TPSA) is 50.4 Å². The number of halogens is 5. The van der Waals surface area contributed by atoms with Crippen LogP contribution in [0.4, 0.5) is 26.7 Å². The van der Waals surface area contributed by atoms with Crippen LogP contribution in [0.1, 0.15) is 24.1 Å². The van der Waals surface area contributed by atoms with E-state index in [0.717, 1.165) is 12.1 Å². The van der Waals surface area contributed by atoms with Crippen LogP contribution >= 0.6 is 0 Å². The normalized spacial score (nSPS) is 12.4. The average molecular weight is 388 g/mol. The van der Waals surface area contributed by atoms with Crippen molar-refractivity contribution in [1.29, 1.82) is 0 Å². The third kappa shape index (κ3) is 6.76. The molecule has 0 aromatic heterocycles. The molecule has 0 saturated carbocycles. The van der Waals surface area contributed by atoms with Crippen molar-refractivity contribution < 1.29 is 31.5 Å². The first-order chi connectivity index (χ1) is 12.6. The van der Waals surface area contributed by atoms with E-state index < -0.39 is 36.5 Å². The number of rotatable bonds is 6. The van der Waals surface area contributed by atoms with Crippen LogP contribution in [0.15, 0.2) is 42.5 Å². The molecule has 0 heterocycles. The number of alkyl halides is 3. The van der Waals surface area contributed by atoms with Gasteiger partial charge in [-0.3, -0.25) is 0 Å². The zero-order valence-corrected chi connectivity index (χ0v) is 14.2. The van der Waals surface area contributed by atoms with Crippen molar-refractivity contribution in [3.63, 3.8) is 0 Å². The Morgan fingerprint density at radius 3 is 2.33 bits per heavy atom. The van der Waals surface area contributed by atoms with Crippen molar-refractivity contribution in [1.82, 2.24) is 10.6 Å². The summed E-state index contributed by atoms with van der Waals surface area (Å²) in [5.74, 6) is -1.92. The van der Waals surface area contributed by atoms with Crippen LogP contribution in [0.25, 0.3) is 0 Å². The van der Waals surface area contributed by atoms with E-state index in [9.17, 15) is 26.7 Å². The van der Waals surface area contributed by atoms with Gasteiger partial charge in [-0.05, 0) is 42.3 Å². The number of carbonyl (C=O) groups is 1. The zero-order chi connectivity index (χ0) is 20.0. The van der Waals surface area contributed by atoms with Crippen LogP contribution in [-0.2, 0) is 6.54 Å². The highest BCUT2D eigenvalue weighted by molar-refractivity contribution is 5.74. The van der Waals surface area contributed by atoms with Gasteiger partial charge >= 0.3 is 12.2 Å².